The summed E-state index contributed by atoms with van der Waals surface area (Å²) in [6, 6.07) is -9.85. The zero-order chi connectivity index (χ0) is 39.6. The van der Waals surface area contributed by atoms with E-state index in [0.29, 0.717) is 0 Å². The molecule has 7 amide bonds. The molecule has 51 heavy (non-hydrogen) atoms. The standard InChI is InChI=1S/C31H56N8O12/c1-14(2)9-19(26(45)37-21(12-41)28(47)34-18(31(50)51)7-8-23(33)43)35-29(48)22(13-42)38-27(46)20(10-15(3)4)36-30(49)24(16(5)6)39-25(44)17(32)11-40/h14-22,24,40-42H,7-13,32H2,1-6H3,(H2,33,43)(H,34,47)(H,35,48)(H,36,49)(H,37,45)(H,38,46)(H,39,44)(H,50,51)/t17-,18-,19-,20-,21-,22-,24-/m0/s1. The summed E-state index contributed by atoms with van der Waals surface area (Å²) in [7, 11) is 0. The molecule has 0 aliphatic rings. The summed E-state index contributed by atoms with van der Waals surface area (Å²) in [5, 5.41) is 52.4. The van der Waals surface area contributed by atoms with Crippen LogP contribution in [0.15, 0.2) is 0 Å². The predicted octanol–water partition coefficient (Wildman–Crippen LogP) is -4.70. The Kier molecular flexibility index (Phi) is 21.1. The van der Waals surface area contributed by atoms with E-state index >= 15 is 0 Å². The van der Waals surface area contributed by atoms with Crippen LogP contribution in [0.5, 0.6) is 0 Å². The number of carboxylic acids is 1. The minimum Gasteiger partial charge on any atom is -0.480 e. The minimum absolute atomic E-state index is 0.00587. The van der Waals surface area contributed by atoms with Gasteiger partial charge in [0, 0.05) is 6.42 Å². The Balaban J connectivity index is 5.90. The highest BCUT2D eigenvalue weighted by Gasteiger charge is 2.34. The maximum atomic E-state index is 13.4. The van der Waals surface area contributed by atoms with Gasteiger partial charge in [0.05, 0.1) is 19.8 Å². The van der Waals surface area contributed by atoms with E-state index in [-0.39, 0.29) is 37.5 Å². The van der Waals surface area contributed by atoms with Gasteiger partial charge in [-0.05, 0) is 37.0 Å². The number of aliphatic hydroxyl groups excluding tert-OH is 3. The van der Waals surface area contributed by atoms with E-state index in [2.05, 4.69) is 31.9 Å². The second kappa shape index (κ2) is 23.1. The van der Waals surface area contributed by atoms with E-state index in [9.17, 15) is 53.7 Å². The van der Waals surface area contributed by atoms with Crippen LogP contribution in [0, 0.1) is 17.8 Å². The average Bonchev–Trinajstić information content (AvgIpc) is 3.04. The lowest BCUT2D eigenvalue weighted by atomic mass is 9.99. The van der Waals surface area contributed by atoms with Crippen LogP contribution in [0.25, 0.3) is 0 Å². The number of primary amides is 1. The lowest BCUT2D eigenvalue weighted by molar-refractivity contribution is -0.143. The fraction of sp³-hybridized carbons (Fsp3) is 0.742. The maximum Gasteiger partial charge on any atom is 0.326 e. The molecule has 0 aromatic heterocycles. The summed E-state index contributed by atoms with van der Waals surface area (Å²) in [5.74, 6) is -8.57. The van der Waals surface area contributed by atoms with E-state index in [1.54, 1.807) is 41.5 Å². The number of amides is 7. The van der Waals surface area contributed by atoms with Crippen LogP contribution in [0.2, 0.25) is 0 Å². The summed E-state index contributed by atoms with van der Waals surface area (Å²) < 4.78 is 0. The molecule has 0 saturated carbocycles. The first-order valence-corrected chi connectivity index (χ1v) is 16.6. The van der Waals surface area contributed by atoms with Crippen molar-refractivity contribution in [1.82, 2.24) is 31.9 Å². The number of hydrogen-bond donors (Lipinski definition) is 12. The molecule has 0 heterocycles. The summed E-state index contributed by atoms with van der Waals surface area (Å²) >= 11 is 0. The first-order valence-electron chi connectivity index (χ1n) is 16.6. The SMILES string of the molecule is CC(C)C[C@H](NC(=O)[C@H](CO)NC(=O)[C@H](CC(C)C)NC(=O)[C@@H](NC(=O)[C@@H](N)CO)C(C)C)C(=O)N[C@@H](CO)C(=O)N[C@@H](CCC(N)=O)C(=O)O. The lowest BCUT2D eigenvalue weighted by Crippen LogP contribution is -2.61. The Hall–Kier alpha value is -4.40. The van der Waals surface area contributed by atoms with E-state index in [1.807, 2.05) is 0 Å². The van der Waals surface area contributed by atoms with Gasteiger partial charge in [0.15, 0.2) is 0 Å². The Bertz CT molecular complexity index is 1220. The highest BCUT2D eigenvalue weighted by Crippen LogP contribution is 2.10. The van der Waals surface area contributed by atoms with Crippen LogP contribution in [0.4, 0.5) is 0 Å². The fourth-order valence-corrected chi connectivity index (χ4v) is 4.57. The molecule has 7 atom stereocenters. The molecule has 14 N–H and O–H groups in total. The average molecular weight is 733 g/mol. The molecule has 0 bridgehead atoms. The van der Waals surface area contributed by atoms with Crippen molar-refractivity contribution >= 4 is 47.3 Å². The van der Waals surface area contributed by atoms with Gasteiger partial charge >= 0.3 is 5.97 Å². The molecule has 0 saturated heterocycles. The normalized spacial score (nSPS) is 15.4. The number of carboxylic acid groups (broad SMARTS) is 1. The quantitative estimate of drug-likeness (QED) is 0.0444. The first-order chi connectivity index (χ1) is 23.7. The van der Waals surface area contributed by atoms with Gasteiger partial charge in [-0.1, -0.05) is 41.5 Å². The smallest absolute Gasteiger partial charge is 0.326 e. The number of aliphatic carboxylic acids is 1. The minimum atomic E-state index is -1.66. The van der Waals surface area contributed by atoms with E-state index in [4.69, 9.17) is 16.6 Å². The van der Waals surface area contributed by atoms with Crippen molar-refractivity contribution in [1.29, 1.82) is 0 Å². The van der Waals surface area contributed by atoms with E-state index < -0.39 is 115 Å². The van der Waals surface area contributed by atoms with Crippen molar-refractivity contribution in [2.75, 3.05) is 19.8 Å². The zero-order valence-corrected chi connectivity index (χ0v) is 29.9. The molecule has 20 nitrogen and oxygen atoms in total. The number of hydrogen-bond acceptors (Lipinski definition) is 12. The number of carbonyl (C=O) groups excluding carboxylic acids is 7. The Morgan fingerprint density at radius 1 is 0.529 bits per heavy atom. The lowest BCUT2D eigenvalue weighted by Gasteiger charge is -2.28. The molecule has 0 unspecified atom stereocenters. The van der Waals surface area contributed by atoms with Crippen molar-refractivity contribution in [2.45, 2.75) is 110 Å². The highest BCUT2D eigenvalue weighted by molar-refractivity contribution is 5.97. The van der Waals surface area contributed by atoms with Crippen molar-refractivity contribution in [3.05, 3.63) is 0 Å². The predicted molar refractivity (Wildman–Crippen MR) is 181 cm³/mol. The molecule has 0 radical (unpaired) electrons. The van der Waals surface area contributed by atoms with Gasteiger partial charge < -0.3 is 63.8 Å². The molecular weight excluding hydrogens is 676 g/mol. The van der Waals surface area contributed by atoms with Crippen LogP contribution in [-0.2, 0) is 38.4 Å². The topological polar surface area (TPSA) is 342 Å². The summed E-state index contributed by atoms with van der Waals surface area (Å²) in [6.45, 7) is 7.69. The Morgan fingerprint density at radius 3 is 1.24 bits per heavy atom. The summed E-state index contributed by atoms with van der Waals surface area (Å²) in [5.41, 5.74) is 10.6. The zero-order valence-electron chi connectivity index (χ0n) is 29.9. The molecule has 0 rings (SSSR count). The third-order valence-corrected chi connectivity index (χ3v) is 7.39. The van der Waals surface area contributed by atoms with Crippen molar-refractivity contribution in [3.8, 4) is 0 Å². The monoisotopic (exact) mass is 732 g/mol. The number of rotatable bonds is 24. The number of carbonyl (C=O) groups is 8. The third-order valence-electron chi connectivity index (χ3n) is 7.39. The van der Waals surface area contributed by atoms with Crippen LogP contribution >= 0.6 is 0 Å². The van der Waals surface area contributed by atoms with Gasteiger partial charge in [0.2, 0.25) is 41.4 Å². The highest BCUT2D eigenvalue weighted by atomic mass is 16.4. The van der Waals surface area contributed by atoms with Crippen LogP contribution < -0.4 is 43.4 Å². The van der Waals surface area contributed by atoms with E-state index in [0.717, 1.165) is 0 Å². The second-order valence-electron chi connectivity index (χ2n) is 13.3. The van der Waals surface area contributed by atoms with Crippen molar-refractivity contribution in [3.63, 3.8) is 0 Å². The van der Waals surface area contributed by atoms with Gasteiger partial charge in [-0.15, -0.1) is 0 Å². The first kappa shape index (κ1) is 46.6. The van der Waals surface area contributed by atoms with Gasteiger partial charge in [0.25, 0.3) is 0 Å². The molecule has 292 valence electrons. The van der Waals surface area contributed by atoms with E-state index in [1.165, 1.54) is 0 Å². The molecule has 0 aliphatic carbocycles. The molecular formula is C31H56N8O12. The maximum absolute atomic E-state index is 13.4. The molecule has 0 aromatic rings. The summed E-state index contributed by atoms with van der Waals surface area (Å²) in [6.07, 6.45) is -0.631. The van der Waals surface area contributed by atoms with Gasteiger partial charge in [-0.3, -0.25) is 33.6 Å². The molecule has 0 aliphatic heterocycles. The van der Waals surface area contributed by atoms with Gasteiger partial charge in [-0.2, -0.15) is 0 Å². The largest absolute Gasteiger partial charge is 0.480 e. The number of nitrogens with one attached hydrogen (secondary N) is 6. The molecule has 0 fully saturated rings. The fourth-order valence-electron chi connectivity index (χ4n) is 4.57. The number of nitrogens with two attached hydrogens (primary N) is 2. The summed E-state index contributed by atoms with van der Waals surface area (Å²) in [4.78, 5) is 101. The molecule has 20 heteroatoms. The van der Waals surface area contributed by atoms with Crippen molar-refractivity contribution < 1.29 is 58.8 Å². The van der Waals surface area contributed by atoms with Gasteiger partial charge in [0.1, 0.15) is 42.3 Å². The second-order valence-corrected chi connectivity index (χ2v) is 13.3. The molecule has 0 spiro atoms. The van der Waals surface area contributed by atoms with Crippen molar-refractivity contribution in [2.24, 2.45) is 29.2 Å². The van der Waals surface area contributed by atoms with Crippen LogP contribution in [0.3, 0.4) is 0 Å². The third kappa shape index (κ3) is 17.4. The Labute approximate surface area is 296 Å². The van der Waals surface area contributed by atoms with Crippen LogP contribution in [0.1, 0.15) is 67.2 Å². The molecule has 0 aromatic carbocycles. The van der Waals surface area contributed by atoms with Gasteiger partial charge in [-0.25, -0.2) is 4.79 Å². The van der Waals surface area contributed by atoms with Crippen LogP contribution in [-0.4, -0.2) is 130 Å². The number of aliphatic hydroxyl groups is 3. The Morgan fingerprint density at radius 2 is 0.902 bits per heavy atom.